The van der Waals surface area contributed by atoms with E-state index in [1.807, 2.05) is 0 Å². The fourth-order valence-electron chi connectivity index (χ4n) is 1.36. The summed E-state index contributed by atoms with van der Waals surface area (Å²) in [4.78, 5) is 21.7. The van der Waals surface area contributed by atoms with Gasteiger partial charge in [-0.3, -0.25) is 14.9 Å². The van der Waals surface area contributed by atoms with Crippen LogP contribution in [0.3, 0.4) is 0 Å². The number of rotatable bonds is 5. The number of carbonyl (C=O) groups excluding carboxylic acids is 1. The molecule has 6 nitrogen and oxygen atoms in total. The maximum absolute atomic E-state index is 11.7. The number of nitrogens with zero attached hydrogens (tertiary/aromatic N) is 1. The zero-order valence-electron chi connectivity index (χ0n) is 9.67. The van der Waals surface area contributed by atoms with Gasteiger partial charge in [0.1, 0.15) is 0 Å². The van der Waals surface area contributed by atoms with E-state index in [9.17, 15) is 14.9 Å². The summed E-state index contributed by atoms with van der Waals surface area (Å²) in [7, 11) is 1.54. The molecule has 17 heavy (non-hydrogen) atoms. The third-order valence-electron chi connectivity index (χ3n) is 2.11. The lowest BCUT2D eigenvalue weighted by Gasteiger charge is -2.12. The highest BCUT2D eigenvalue weighted by molar-refractivity contribution is 5.94. The molecule has 0 radical (unpaired) electrons. The number of benzene rings is 1. The Morgan fingerprint density at radius 2 is 2.29 bits per heavy atom. The fraction of sp³-hybridized carbons (Fsp3) is 0.364. The summed E-state index contributed by atoms with van der Waals surface area (Å²) >= 11 is 0. The molecule has 1 N–H and O–H groups in total. The summed E-state index contributed by atoms with van der Waals surface area (Å²) in [5, 5.41) is 13.2. The summed E-state index contributed by atoms with van der Waals surface area (Å²) in [6.07, 6.45) is 0. The van der Waals surface area contributed by atoms with E-state index in [1.165, 1.54) is 31.4 Å². The smallest absolute Gasteiger partial charge is 0.270 e. The number of nitro benzene ring substituents is 1. The first-order valence-electron chi connectivity index (χ1n) is 5.09. The molecule has 1 rings (SSSR count). The van der Waals surface area contributed by atoms with Gasteiger partial charge in [0.25, 0.3) is 11.6 Å². The molecule has 0 saturated heterocycles. The molecule has 1 aromatic carbocycles. The molecule has 0 aliphatic carbocycles. The van der Waals surface area contributed by atoms with Crippen LogP contribution in [-0.4, -0.2) is 30.6 Å². The van der Waals surface area contributed by atoms with Crippen molar-refractivity contribution in [1.82, 2.24) is 5.32 Å². The number of non-ortho nitro benzene ring substituents is 1. The number of carbonyl (C=O) groups is 1. The normalized spacial score (nSPS) is 11.9. The van der Waals surface area contributed by atoms with Crippen LogP contribution in [0.5, 0.6) is 0 Å². The maximum atomic E-state index is 11.7. The fourth-order valence-corrected chi connectivity index (χ4v) is 1.36. The first-order chi connectivity index (χ1) is 8.04. The number of nitro groups is 1. The van der Waals surface area contributed by atoms with Crippen LogP contribution in [0, 0.1) is 10.1 Å². The van der Waals surface area contributed by atoms with E-state index in [4.69, 9.17) is 4.74 Å². The molecule has 0 saturated carbocycles. The number of ether oxygens (including phenoxy) is 1. The number of hydrogen-bond acceptors (Lipinski definition) is 4. The topological polar surface area (TPSA) is 81.5 Å². The highest BCUT2D eigenvalue weighted by Gasteiger charge is 2.13. The first-order valence-corrected chi connectivity index (χ1v) is 5.09. The Morgan fingerprint density at radius 1 is 1.59 bits per heavy atom. The Labute approximate surface area is 98.7 Å². The Morgan fingerprint density at radius 3 is 2.88 bits per heavy atom. The minimum absolute atomic E-state index is 0.1000. The lowest BCUT2D eigenvalue weighted by atomic mass is 10.2. The van der Waals surface area contributed by atoms with Crippen molar-refractivity contribution in [1.29, 1.82) is 0 Å². The SMILES string of the molecule is COC[C@@H](C)NC(=O)c1cccc([N+](=O)[O-])c1. The first kappa shape index (κ1) is 13.1. The highest BCUT2D eigenvalue weighted by Crippen LogP contribution is 2.12. The van der Waals surface area contributed by atoms with Gasteiger partial charge in [-0.05, 0) is 13.0 Å². The van der Waals surface area contributed by atoms with Crippen molar-refractivity contribution in [3.05, 3.63) is 39.9 Å². The molecule has 1 atom stereocenters. The van der Waals surface area contributed by atoms with Crippen LogP contribution in [0.4, 0.5) is 5.69 Å². The third-order valence-corrected chi connectivity index (χ3v) is 2.11. The maximum Gasteiger partial charge on any atom is 0.270 e. The van der Waals surface area contributed by atoms with Gasteiger partial charge in [0.2, 0.25) is 0 Å². The lowest BCUT2D eigenvalue weighted by molar-refractivity contribution is -0.384. The van der Waals surface area contributed by atoms with Gasteiger partial charge in [0.15, 0.2) is 0 Å². The second-order valence-electron chi connectivity index (χ2n) is 3.64. The van der Waals surface area contributed by atoms with E-state index < -0.39 is 4.92 Å². The van der Waals surface area contributed by atoms with Crippen LogP contribution in [-0.2, 0) is 4.74 Å². The molecule has 0 bridgehead atoms. The Balaban J connectivity index is 2.75. The third kappa shape index (κ3) is 3.84. The summed E-state index contributed by atoms with van der Waals surface area (Å²) in [6.45, 7) is 2.18. The zero-order valence-corrected chi connectivity index (χ0v) is 9.67. The van der Waals surface area contributed by atoms with Crippen LogP contribution in [0.2, 0.25) is 0 Å². The van der Waals surface area contributed by atoms with E-state index in [2.05, 4.69) is 5.32 Å². The average molecular weight is 238 g/mol. The molecule has 0 unspecified atom stereocenters. The van der Waals surface area contributed by atoms with Gasteiger partial charge in [-0.1, -0.05) is 6.07 Å². The molecular weight excluding hydrogens is 224 g/mol. The molecule has 1 aromatic rings. The van der Waals surface area contributed by atoms with Gasteiger partial charge < -0.3 is 10.1 Å². The van der Waals surface area contributed by atoms with Gasteiger partial charge >= 0.3 is 0 Å². The van der Waals surface area contributed by atoms with Crippen molar-refractivity contribution in [3.8, 4) is 0 Å². The van der Waals surface area contributed by atoms with Crippen molar-refractivity contribution in [2.24, 2.45) is 0 Å². The van der Waals surface area contributed by atoms with Gasteiger partial charge in [0, 0.05) is 30.8 Å². The Bertz CT molecular complexity index is 420. The van der Waals surface area contributed by atoms with Gasteiger partial charge in [0.05, 0.1) is 11.5 Å². The summed E-state index contributed by atoms with van der Waals surface area (Å²) in [5.41, 5.74) is 0.166. The predicted molar refractivity (Wildman–Crippen MR) is 61.9 cm³/mol. The number of nitrogens with one attached hydrogen (secondary N) is 1. The van der Waals surface area contributed by atoms with Crippen molar-refractivity contribution < 1.29 is 14.5 Å². The molecule has 92 valence electrons. The number of hydrogen-bond donors (Lipinski definition) is 1. The molecule has 0 fully saturated rings. The minimum Gasteiger partial charge on any atom is -0.383 e. The van der Waals surface area contributed by atoms with Gasteiger partial charge in [-0.2, -0.15) is 0 Å². The lowest BCUT2D eigenvalue weighted by Crippen LogP contribution is -2.35. The molecular formula is C11H14N2O4. The molecule has 0 aliphatic heterocycles. The molecule has 6 heteroatoms. The molecule has 0 heterocycles. The van der Waals surface area contributed by atoms with Crippen LogP contribution in [0.15, 0.2) is 24.3 Å². The summed E-state index contributed by atoms with van der Waals surface area (Å²) < 4.78 is 4.88. The number of amides is 1. The van der Waals surface area contributed by atoms with Crippen molar-refractivity contribution in [2.45, 2.75) is 13.0 Å². The van der Waals surface area contributed by atoms with E-state index in [1.54, 1.807) is 6.92 Å². The second-order valence-corrected chi connectivity index (χ2v) is 3.64. The van der Waals surface area contributed by atoms with E-state index in [0.29, 0.717) is 6.61 Å². The van der Waals surface area contributed by atoms with E-state index >= 15 is 0 Å². The van der Waals surface area contributed by atoms with E-state index in [-0.39, 0.29) is 23.2 Å². The van der Waals surface area contributed by atoms with Crippen LogP contribution >= 0.6 is 0 Å². The van der Waals surface area contributed by atoms with Crippen molar-refractivity contribution in [2.75, 3.05) is 13.7 Å². The van der Waals surface area contributed by atoms with Gasteiger partial charge in [-0.15, -0.1) is 0 Å². The Kier molecular flexibility index (Phi) is 4.59. The van der Waals surface area contributed by atoms with Crippen LogP contribution in [0.25, 0.3) is 0 Å². The van der Waals surface area contributed by atoms with Crippen molar-refractivity contribution >= 4 is 11.6 Å². The zero-order chi connectivity index (χ0) is 12.8. The van der Waals surface area contributed by atoms with Crippen molar-refractivity contribution in [3.63, 3.8) is 0 Å². The average Bonchev–Trinajstić information content (AvgIpc) is 2.29. The largest absolute Gasteiger partial charge is 0.383 e. The minimum atomic E-state index is -0.532. The number of methoxy groups -OCH3 is 1. The second kappa shape index (κ2) is 5.95. The van der Waals surface area contributed by atoms with Crippen LogP contribution < -0.4 is 5.32 Å². The monoisotopic (exact) mass is 238 g/mol. The standard InChI is InChI=1S/C11H14N2O4/c1-8(7-17-2)12-11(14)9-4-3-5-10(6-9)13(15)16/h3-6,8H,7H2,1-2H3,(H,12,14)/t8-/m1/s1. The van der Waals surface area contributed by atoms with Crippen LogP contribution in [0.1, 0.15) is 17.3 Å². The summed E-state index contributed by atoms with van der Waals surface area (Å²) in [5.74, 6) is -0.349. The molecule has 0 spiro atoms. The predicted octanol–water partition coefficient (Wildman–Crippen LogP) is 1.36. The summed E-state index contributed by atoms with van der Waals surface area (Å²) in [6, 6.07) is 5.45. The highest BCUT2D eigenvalue weighted by atomic mass is 16.6. The van der Waals surface area contributed by atoms with E-state index in [0.717, 1.165) is 0 Å². The molecule has 1 amide bonds. The molecule has 0 aliphatic rings. The molecule has 0 aromatic heterocycles. The quantitative estimate of drug-likeness (QED) is 0.620. The van der Waals surface area contributed by atoms with Gasteiger partial charge in [-0.25, -0.2) is 0 Å². The Hall–Kier alpha value is -1.95.